The normalized spacial score (nSPS) is 15.0. The van der Waals surface area contributed by atoms with E-state index in [9.17, 15) is 4.79 Å². The molecule has 1 aliphatic heterocycles. The monoisotopic (exact) mass is 349 g/mol. The van der Waals surface area contributed by atoms with Crippen molar-refractivity contribution in [2.24, 2.45) is 0 Å². The summed E-state index contributed by atoms with van der Waals surface area (Å²) in [6.07, 6.45) is 0. The Hall–Kier alpha value is -1.10. The number of hydrogen-bond donors (Lipinski definition) is 1. The van der Waals surface area contributed by atoms with Crippen LogP contribution >= 0.6 is 35.1 Å². The van der Waals surface area contributed by atoms with E-state index in [4.69, 9.17) is 11.6 Å². The number of amides is 1. The number of benzene rings is 2. The largest absolute Gasteiger partial charge is 0.348 e. The second-order valence-corrected chi connectivity index (χ2v) is 8.10. The van der Waals surface area contributed by atoms with E-state index in [1.807, 2.05) is 59.9 Å². The standard InChI is InChI=1S/C17H16ClNOS2/c18-15-4-2-1-3-14(15)11-19-16(20)12-5-7-13(8-6-12)17-21-9-10-22-17/h1-8,17H,9-11H2,(H,19,20). The highest BCUT2D eigenvalue weighted by molar-refractivity contribution is 8.19. The molecular formula is C17H16ClNOS2. The summed E-state index contributed by atoms with van der Waals surface area (Å²) in [6.45, 7) is 0.439. The SMILES string of the molecule is O=C(NCc1ccccc1Cl)c1ccc(C2SCCS2)cc1. The van der Waals surface area contributed by atoms with Crippen LogP contribution in [0.2, 0.25) is 5.02 Å². The van der Waals surface area contributed by atoms with Crippen molar-refractivity contribution < 1.29 is 4.79 Å². The second kappa shape index (κ2) is 7.44. The molecule has 0 aliphatic carbocycles. The molecule has 3 rings (SSSR count). The Balaban J connectivity index is 1.61. The fraction of sp³-hybridized carbons (Fsp3) is 0.235. The molecule has 5 heteroatoms. The summed E-state index contributed by atoms with van der Waals surface area (Å²) in [5, 5.41) is 3.59. The van der Waals surface area contributed by atoms with Crippen molar-refractivity contribution in [3.63, 3.8) is 0 Å². The lowest BCUT2D eigenvalue weighted by Gasteiger charge is -2.10. The zero-order chi connectivity index (χ0) is 15.4. The highest BCUT2D eigenvalue weighted by atomic mass is 35.5. The van der Waals surface area contributed by atoms with Gasteiger partial charge in [-0.05, 0) is 29.3 Å². The molecule has 22 heavy (non-hydrogen) atoms. The van der Waals surface area contributed by atoms with Crippen molar-refractivity contribution in [3.05, 3.63) is 70.2 Å². The molecule has 2 aromatic rings. The van der Waals surface area contributed by atoms with Gasteiger partial charge in [0.25, 0.3) is 5.91 Å². The fourth-order valence-electron chi connectivity index (χ4n) is 2.26. The van der Waals surface area contributed by atoms with Crippen molar-refractivity contribution >= 4 is 41.0 Å². The smallest absolute Gasteiger partial charge is 0.251 e. The van der Waals surface area contributed by atoms with E-state index in [0.717, 1.165) is 5.56 Å². The Labute approximate surface area is 144 Å². The van der Waals surface area contributed by atoms with Gasteiger partial charge in [0, 0.05) is 28.6 Å². The van der Waals surface area contributed by atoms with Gasteiger partial charge in [0.2, 0.25) is 0 Å². The lowest BCUT2D eigenvalue weighted by molar-refractivity contribution is 0.0951. The van der Waals surface area contributed by atoms with Gasteiger partial charge in [-0.3, -0.25) is 4.79 Å². The van der Waals surface area contributed by atoms with E-state index >= 15 is 0 Å². The molecule has 1 fully saturated rings. The minimum Gasteiger partial charge on any atom is -0.348 e. The third-order valence-corrected chi connectivity index (χ3v) is 6.94. The Kier molecular flexibility index (Phi) is 5.34. The maximum atomic E-state index is 12.2. The summed E-state index contributed by atoms with van der Waals surface area (Å²) in [7, 11) is 0. The van der Waals surface area contributed by atoms with Crippen LogP contribution in [-0.2, 0) is 6.54 Å². The average molecular weight is 350 g/mol. The van der Waals surface area contributed by atoms with Gasteiger partial charge in [-0.1, -0.05) is 41.9 Å². The van der Waals surface area contributed by atoms with Crippen LogP contribution in [0.15, 0.2) is 48.5 Å². The van der Waals surface area contributed by atoms with Crippen molar-refractivity contribution in [3.8, 4) is 0 Å². The molecule has 0 radical (unpaired) electrons. The van der Waals surface area contributed by atoms with Gasteiger partial charge < -0.3 is 5.32 Å². The summed E-state index contributed by atoms with van der Waals surface area (Å²) in [6, 6.07) is 15.5. The summed E-state index contributed by atoms with van der Waals surface area (Å²) >= 11 is 10.0. The zero-order valence-electron chi connectivity index (χ0n) is 11.9. The number of thioether (sulfide) groups is 2. The molecule has 1 amide bonds. The first-order valence-corrected chi connectivity index (χ1v) is 9.56. The summed E-state index contributed by atoms with van der Waals surface area (Å²) < 4.78 is 0.514. The number of carbonyl (C=O) groups is 1. The second-order valence-electron chi connectivity index (χ2n) is 4.97. The van der Waals surface area contributed by atoms with Crippen molar-refractivity contribution in [1.29, 1.82) is 0 Å². The van der Waals surface area contributed by atoms with Crippen LogP contribution in [0.3, 0.4) is 0 Å². The van der Waals surface area contributed by atoms with E-state index in [-0.39, 0.29) is 5.91 Å². The third kappa shape index (κ3) is 3.80. The number of nitrogens with one attached hydrogen (secondary N) is 1. The molecular weight excluding hydrogens is 334 g/mol. The number of carbonyl (C=O) groups excluding carboxylic acids is 1. The van der Waals surface area contributed by atoms with Crippen LogP contribution in [0.4, 0.5) is 0 Å². The van der Waals surface area contributed by atoms with Crippen LogP contribution in [0.5, 0.6) is 0 Å². The maximum Gasteiger partial charge on any atom is 0.251 e. The average Bonchev–Trinajstić information content (AvgIpc) is 3.08. The molecule has 1 heterocycles. The summed E-state index contributed by atoms with van der Waals surface area (Å²) in [5.41, 5.74) is 2.90. The predicted octanol–water partition coefficient (Wildman–Crippen LogP) is 4.75. The lowest BCUT2D eigenvalue weighted by atomic mass is 10.1. The van der Waals surface area contributed by atoms with Crippen LogP contribution < -0.4 is 5.32 Å². The highest BCUT2D eigenvalue weighted by Crippen LogP contribution is 2.45. The van der Waals surface area contributed by atoms with E-state index in [2.05, 4.69) is 17.4 Å². The van der Waals surface area contributed by atoms with Gasteiger partial charge in [-0.2, -0.15) is 0 Å². The fourth-order valence-corrected chi connectivity index (χ4v) is 5.32. The van der Waals surface area contributed by atoms with Crippen molar-refractivity contribution in [2.75, 3.05) is 11.5 Å². The molecule has 2 aromatic carbocycles. The van der Waals surface area contributed by atoms with Gasteiger partial charge in [0.1, 0.15) is 0 Å². The van der Waals surface area contributed by atoms with Gasteiger partial charge in [-0.15, -0.1) is 23.5 Å². The van der Waals surface area contributed by atoms with Gasteiger partial charge in [0.05, 0.1) is 4.58 Å². The van der Waals surface area contributed by atoms with Gasteiger partial charge in [-0.25, -0.2) is 0 Å². The predicted molar refractivity (Wildman–Crippen MR) is 96.7 cm³/mol. The first-order valence-electron chi connectivity index (χ1n) is 7.09. The van der Waals surface area contributed by atoms with Gasteiger partial charge >= 0.3 is 0 Å². The van der Waals surface area contributed by atoms with Crippen LogP contribution in [0.1, 0.15) is 26.1 Å². The third-order valence-electron chi connectivity index (χ3n) is 3.46. The molecule has 0 unspecified atom stereocenters. The molecule has 1 saturated heterocycles. The molecule has 114 valence electrons. The van der Waals surface area contributed by atoms with E-state index in [1.165, 1.54) is 17.1 Å². The maximum absolute atomic E-state index is 12.2. The molecule has 0 spiro atoms. The molecule has 0 saturated carbocycles. The van der Waals surface area contributed by atoms with E-state index < -0.39 is 0 Å². The molecule has 0 bridgehead atoms. The first kappa shape index (κ1) is 15.8. The summed E-state index contributed by atoms with van der Waals surface area (Å²) in [5.74, 6) is 2.34. The minimum atomic E-state index is -0.0711. The molecule has 0 atom stereocenters. The molecule has 0 aromatic heterocycles. The number of hydrogen-bond acceptors (Lipinski definition) is 3. The Morgan fingerprint density at radius 1 is 1.09 bits per heavy atom. The highest BCUT2D eigenvalue weighted by Gasteiger charge is 2.18. The van der Waals surface area contributed by atoms with Crippen LogP contribution in [0, 0.1) is 0 Å². The zero-order valence-corrected chi connectivity index (χ0v) is 14.3. The van der Waals surface area contributed by atoms with Crippen molar-refractivity contribution in [2.45, 2.75) is 11.1 Å². The molecule has 1 N–H and O–H groups in total. The van der Waals surface area contributed by atoms with Gasteiger partial charge in [0.15, 0.2) is 0 Å². The number of halogens is 1. The Morgan fingerprint density at radius 3 is 2.45 bits per heavy atom. The first-order chi connectivity index (χ1) is 10.7. The summed E-state index contributed by atoms with van der Waals surface area (Å²) in [4.78, 5) is 12.2. The topological polar surface area (TPSA) is 29.1 Å². The lowest BCUT2D eigenvalue weighted by Crippen LogP contribution is -2.22. The van der Waals surface area contributed by atoms with Crippen LogP contribution in [-0.4, -0.2) is 17.4 Å². The quantitative estimate of drug-likeness (QED) is 0.863. The molecule has 1 aliphatic rings. The Morgan fingerprint density at radius 2 is 1.77 bits per heavy atom. The number of rotatable bonds is 4. The Bertz CT molecular complexity index is 654. The van der Waals surface area contributed by atoms with E-state index in [1.54, 1.807) is 0 Å². The molecule has 2 nitrogen and oxygen atoms in total. The van der Waals surface area contributed by atoms with E-state index in [0.29, 0.717) is 21.7 Å². The van der Waals surface area contributed by atoms with Crippen LogP contribution in [0.25, 0.3) is 0 Å². The van der Waals surface area contributed by atoms with Crippen molar-refractivity contribution in [1.82, 2.24) is 5.32 Å². The minimum absolute atomic E-state index is 0.0711.